The van der Waals surface area contributed by atoms with Crippen molar-refractivity contribution in [1.29, 1.82) is 0 Å². The molecule has 3 atom stereocenters. The summed E-state index contributed by atoms with van der Waals surface area (Å²) in [4.78, 5) is 23.8. The van der Waals surface area contributed by atoms with Crippen molar-refractivity contribution < 1.29 is 29.3 Å². The molecule has 0 fully saturated rings. The molecule has 6 heteroatoms. The lowest BCUT2D eigenvalue weighted by Crippen LogP contribution is -2.25. The highest BCUT2D eigenvalue weighted by Crippen LogP contribution is 2.14. The molecule has 24 heavy (non-hydrogen) atoms. The van der Waals surface area contributed by atoms with Crippen LogP contribution in [0.25, 0.3) is 0 Å². The molecule has 0 aliphatic carbocycles. The zero-order chi connectivity index (χ0) is 18.4. The molecule has 0 bridgehead atoms. The van der Waals surface area contributed by atoms with Gasteiger partial charge in [-0.25, -0.2) is 0 Å². The molecular formula is C18H32O6. The second-order valence-corrected chi connectivity index (χ2v) is 6.12. The molecule has 0 heterocycles. The Morgan fingerprint density at radius 2 is 1.62 bits per heavy atom. The van der Waals surface area contributed by atoms with Gasteiger partial charge in [0.1, 0.15) is 13.2 Å². The first-order valence-electron chi connectivity index (χ1n) is 8.70. The number of unbranched alkanes of at least 4 members (excludes halogenated alkanes) is 3. The van der Waals surface area contributed by atoms with E-state index in [-0.39, 0.29) is 19.6 Å². The number of carbonyl (C=O) groups is 2. The smallest absolute Gasteiger partial charge is 0.309 e. The van der Waals surface area contributed by atoms with Crippen molar-refractivity contribution >= 4 is 11.9 Å². The topological polar surface area (TPSA) is 93.1 Å². The third-order valence-corrected chi connectivity index (χ3v) is 3.26. The van der Waals surface area contributed by atoms with Crippen molar-refractivity contribution in [3.05, 3.63) is 12.2 Å². The summed E-state index contributed by atoms with van der Waals surface area (Å²) in [6.45, 7) is 4.98. The van der Waals surface area contributed by atoms with Gasteiger partial charge >= 0.3 is 11.9 Å². The zero-order valence-corrected chi connectivity index (χ0v) is 15.1. The van der Waals surface area contributed by atoms with Gasteiger partial charge in [-0.05, 0) is 33.1 Å². The first kappa shape index (κ1) is 22.6. The van der Waals surface area contributed by atoms with Gasteiger partial charge in [-0.15, -0.1) is 0 Å². The Balaban J connectivity index is 4.47. The summed E-state index contributed by atoms with van der Waals surface area (Å²) in [5.74, 6) is -1.72. The molecule has 0 amide bonds. The van der Waals surface area contributed by atoms with Crippen LogP contribution in [0.15, 0.2) is 12.2 Å². The summed E-state index contributed by atoms with van der Waals surface area (Å²) in [7, 11) is 0. The number of esters is 2. The number of hydrogen-bond donors (Lipinski definition) is 2. The maximum Gasteiger partial charge on any atom is 0.309 e. The van der Waals surface area contributed by atoms with E-state index in [4.69, 9.17) is 14.6 Å². The monoisotopic (exact) mass is 344 g/mol. The van der Waals surface area contributed by atoms with Crippen LogP contribution in [-0.4, -0.2) is 47.6 Å². The van der Waals surface area contributed by atoms with Crippen LogP contribution in [0.1, 0.15) is 59.3 Å². The molecule has 0 aliphatic rings. The number of ether oxygens (including phenoxy) is 2. The molecule has 2 N–H and O–H groups in total. The number of hydrogen-bond acceptors (Lipinski definition) is 6. The third kappa shape index (κ3) is 13.1. The van der Waals surface area contributed by atoms with Crippen LogP contribution >= 0.6 is 0 Å². The summed E-state index contributed by atoms with van der Waals surface area (Å²) in [5, 5.41) is 18.3. The molecule has 140 valence electrons. The van der Waals surface area contributed by atoms with Gasteiger partial charge in [-0.3, -0.25) is 9.59 Å². The summed E-state index contributed by atoms with van der Waals surface area (Å²) >= 11 is 0. The van der Waals surface area contributed by atoms with Crippen LogP contribution in [0.4, 0.5) is 0 Å². The van der Waals surface area contributed by atoms with Crippen LogP contribution in [0.2, 0.25) is 0 Å². The molecule has 0 radical (unpaired) electrons. The molecule has 6 nitrogen and oxygen atoms in total. The number of allylic oxidation sites excluding steroid dienone is 2. The van der Waals surface area contributed by atoms with E-state index in [1.807, 2.05) is 12.2 Å². The highest BCUT2D eigenvalue weighted by Gasteiger charge is 2.23. The molecular weight excluding hydrogens is 312 g/mol. The van der Waals surface area contributed by atoms with E-state index in [0.29, 0.717) is 6.42 Å². The fraction of sp³-hybridized carbons (Fsp3) is 0.778. The molecule has 0 saturated carbocycles. The predicted molar refractivity (Wildman–Crippen MR) is 91.3 cm³/mol. The zero-order valence-electron chi connectivity index (χ0n) is 15.1. The molecule has 0 spiro atoms. The van der Waals surface area contributed by atoms with Crippen molar-refractivity contribution in [2.75, 3.05) is 13.2 Å². The average Bonchev–Trinajstić information content (AvgIpc) is 2.52. The van der Waals surface area contributed by atoms with E-state index in [0.717, 1.165) is 25.7 Å². The minimum atomic E-state index is -0.749. The van der Waals surface area contributed by atoms with Crippen LogP contribution < -0.4 is 0 Å². The normalized spacial score (nSPS) is 15.0. The minimum absolute atomic E-state index is 0.0961. The molecule has 3 unspecified atom stereocenters. The first-order chi connectivity index (χ1) is 11.4. The van der Waals surface area contributed by atoms with Gasteiger partial charge in [0.2, 0.25) is 0 Å². The lowest BCUT2D eigenvalue weighted by molar-refractivity contribution is -0.157. The summed E-state index contributed by atoms with van der Waals surface area (Å²) in [6, 6.07) is 0. The largest absolute Gasteiger partial charge is 0.463 e. The van der Waals surface area contributed by atoms with Gasteiger partial charge in [-0.1, -0.05) is 31.9 Å². The first-order valence-corrected chi connectivity index (χ1v) is 8.70. The van der Waals surface area contributed by atoms with Gasteiger partial charge in [-0.2, -0.15) is 0 Å². The van der Waals surface area contributed by atoms with E-state index in [9.17, 15) is 14.7 Å². The third-order valence-electron chi connectivity index (χ3n) is 3.26. The van der Waals surface area contributed by atoms with Crippen molar-refractivity contribution in [3.8, 4) is 0 Å². The number of rotatable bonds is 13. The van der Waals surface area contributed by atoms with Crippen molar-refractivity contribution in [2.45, 2.75) is 71.5 Å². The van der Waals surface area contributed by atoms with Gasteiger partial charge in [0.15, 0.2) is 0 Å². The van der Waals surface area contributed by atoms with E-state index in [2.05, 4.69) is 6.92 Å². The standard InChI is InChI=1S/C18H32O6/c1-4-5-6-7-8-9-10-16(18(22)24-13-15(3)20)11-17(21)23-12-14(2)19/h8-9,14-16,19-20H,4-7,10-13H2,1-3H3/b9-8+. The second-order valence-electron chi connectivity index (χ2n) is 6.12. The van der Waals surface area contributed by atoms with Crippen molar-refractivity contribution in [1.82, 2.24) is 0 Å². The van der Waals surface area contributed by atoms with Gasteiger partial charge in [0, 0.05) is 0 Å². The lowest BCUT2D eigenvalue weighted by atomic mass is 10.0. The highest BCUT2D eigenvalue weighted by molar-refractivity contribution is 5.80. The number of aliphatic hydroxyl groups excluding tert-OH is 2. The predicted octanol–water partition coefficient (Wildman–Crippen LogP) is 2.37. The number of aliphatic hydroxyl groups is 2. The average molecular weight is 344 g/mol. The van der Waals surface area contributed by atoms with E-state index < -0.39 is 30.1 Å². The lowest BCUT2D eigenvalue weighted by Gasteiger charge is -2.15. The number of carbonyl (C=O) groups excluding carboxylic acids is 2. The van der Waals surface area contributed by atoms with Gasteiger partial charge in [0.25, 0.3) is 0 Å². The Kier molecular flexibility index (Phi) is 13.2. The fourth-order valence-electron chi connectivity index (χ4n) is 1.95. The van der Waals surface area contributed by atoms with E-state index in [1.54, 1.807) is 0 Å². The van der Waals surface area contributed by atoms with E-state index in [1.165, 1.54) is 13.8 Å². The van der Waals surface area contributed by atoms with Crippen molar-refractivity contribution in [3.63, 3.8) is 0 Å². The quantitative estimate of drug-likeness (QED) is 0.303. The molecule has 0 aromatic carbocycles. The van der Waals surface area contributed by atoms with E-state index >= 15 is 0 Å². The Morgan fingerprint density at radius 3 is 2.21 bits per heavy atom. The fourth-order valence-corrected chi connectivity index (χ4v) is 1.95. The Bertz CT molecular complexity index is 376. The Hall–Kier alpha value is -1.40. The second kappa shape index (κ2) is 14.0. The van der Waals surface area contributed by atoms with Crippen LogP contribution in [-0.2, 0) is 19.1 Å². The molecule has 0 rings (SSSR count). The summed E-state index contributed by atoms with van der Waals surface area (Å²) in [6.07, 6.45) is 7.02. The molecule has 0 aliphatic heterocycles. The SMILES string of the molecule is CCCCC/C=C/CC(CC(=O)OCC(C)O)C(=O)OCC(C)O. The van der Waals surface area contributed by atoms with Crippen LogP contribution in [0, 0.1) is 5.92 Å². The Labute approximate surface area is 144 Å². The molecule has 0 saturated heterocycles. The Morgan fingerprint density at radius 1 is 1.00 bits per heavy atom. The maximum absolute atomic E-state index is 12.1. The molecule has 0 aromatic heterocycles. The highest BCUT2D eigenvalue weighted by atomic mass is 16.5. The summed E-state index contributed by atoms with van der Waals surface area (Å²) < 4.78 is 9.91. The maximum atomic E-state index is 12.1. The van der Waals surface area contributed by atoms with Gasteiger partial charge in [0.05, 0.1) is 24.5 Å². The summed E-state index contributed by atoms with van der Waals surface area (Å²) in [5.41, 5.74) is 0. The van der Waals surface area contributed by atoms with Gasteiger partial charge < -0.3 is 19.7 Å². The van der Waals surface area contributed by atoms with Crippen LogP contribution in [0.3, 0.4) is 0 Å². The molecule has 0 aromatic rings. The van der Waals surface area contributed by atoms with Crippen LogP contribution in [0.5, 0.6) is 0 Å². The van der Waals surface area contributed by atoms with Crippen molar-refractivity contribution in [2.24, 2.45) is 5.92 Å². The minimum Gasteiger partial charge on any atom is -0.463 e.